The molecule has 0 aliphatic carbocycles. The summed E-state index contributed by atoms with van der Waals surface area (Å²) in [7, 11) is 1.93. The van der Waals surface area contributed by atoms with Crippen LogP contribution >= 0.6 is 11.6 Å². The van der Waals surface area contributed by atoms with Crippen LogP contribution in [0.1, 0.15) is 18.4 Å². The van der Waals surface area contributed by atoms with E-state index < -0.39 is 0 Å². The van der Waals surface area contributed by atoms with E-state index in [1.807, 2.05) is 13.1 Å². The van der Waals surface area contributed by atoms with Crippen LogP contribution in [-0.4, -0.2) is 13.6 Å². The molecule has 0 saturated heterocycles. The number of nitrogens with one attached hydrogen (secondary N) is 1. The molecule has 0 heterocycles. The second kappa shape index (κ2) is 5.99. The number of benzene rings is 1. The monoisotopic (exact) mass is 215 g/mol. The maximum Gasteiger partial charge on any atom is 0.142 e. The van der Waals surface area contributed by atoms with E-state index in [9.17, 15) is 4.39 Å². The number of rotatable bonds is 5. The molecule has 0 bridgehead atoms. The van der Waals surface area contributed by atoms with Crippen molar-refractivity contribution in [3.63, 3.8) is 0 Å². The highest BCUT2D eigenvalue weighted by Gasteiger charge is 2.00. The molecular formula is C11H15ClFN. The number of hydrogen-bond acceptors (Lipinski definition) is 1. The molecule has 1 rings (SSSR count). The fourth-order valence-electron chi connectivity index (χ4n) is 1.33. The van der Waals surface area contributed by atoms with E-state index in [0.717, 1.165) is 31.4 Å². The van der Waals surface area contributed by atoms with E-state index in [0.29, 0.717) is 0 Å². The Hall–Kier alpha value is -0.600. The predicted molar refractivity (Wildman–Crippen MR) is 58.3 cm³/mol. The third-order valence-corrected chi connectivity index (χ3v) is 2.43. The minimum atomic E-state index is -0.321. The average molecular weight is 216 g/mol. The summed E-state index contributed by atoms with van der Waals surface area (Å²) in [5.41, 5.74) is 1.02. The van der Waals surface area contributed by atoms with Gasteiger partial charge >= 0.3 is 0 Å². The second-order valence-electron chi connectivity index (χ2n) is 3.31. The molecule has 1 aromatic carbocycles. The molecule has 78 valence electrons. The largest absolute Gasteiger partial charge is 0.320 e. The topological polar surface area (TPSA) is 12.0 Å². The van der Waals surface area contributed by atoms with E-state index in [1.54, 1.807) is 6.07 Å². The summed E-state index contributed by atoms with van der Waals surface area (Å²) >= 11 is 5.58. The molecule has 0 atom stereocenters. The van der Waals surface area contributed by atoms with Crippen LogP contribution in [0.4, 0.5) is 4.39 Å². The Balaban J connectivity index is 2.39. The predicted octanol–water partition coefficient (Wildman–Crippen LogP) is 3.02. The maximum absolute atomic E-state index is 13.0. The van der Waals surface area contributed by atoms with Crippen molar-refractivity contribution in [2.24, 2.45) is 0 Å². The van der Waals surface area contributed by atoms with Crippen LogP contribution in [0.25, 0.3) is 0 Å². The zero-order valence-corrected chi connectivity index (χ0v) is 9.07. The Morgan fingerprint density at radius 2 is 2.14 bits per heavy atom. The minimum absolute atomic E-state index is 0.198. The van der Waals surface area contributed by atoms with Gasteiger partial charge in [0.15, 0.2) is 0 Å². The van der Waals surface area contributed by atoms with Gasteiger partial charge in [0.25, 0.3) is 0 Å². The summed E-state index contributed by atoms with van der Waals surface area (Å²) in [6, 6.07) is 5.01. The summed E-state index contributed by atoms with van der Waals surface area (Å²) in [6.45, 7) is 1.01. The Morgan fingerprint density at radius 1 is 1.36 bits per heavy atom. The van der Waals surface area contributed by atoms with E-state index in [4.69, 9.17) is 11.6 Å². The molecule has 1 N–H and O–H groups in total. The van der Waals surface area contributed by atoms with E-state index >= 15 is 0 Å². The molecule has 0 spiro atoms. The SMILES string of the molecule is CNCCCCc1ccc(Cl)c(F)c1. The molecule has 0 aliphatic heterocycles. The van der Waals surface area contributed by atoms with Crippen molar-refractivity contribution in [2.75, 3.05) is 13.6 Å². The third-order valence-electron chi connectivity index (χ3n) is 2.13. The number of halogens is 2. The van der Waals surface area contributed by atoms with Crippen molar-refractivity contribution in [3.05, 3.63) is 34.6 Å². The van der Waals surface area contributed by atoms with Gasteiger partial charge in [-0.05, 0) is 50.6 Å². The van der Waals surface area contributed by atoms with Crippen LogP contribution in [0, 0.1) is 5.82 Å². The number of unbranched alkanes of at least 4 members (excludes halogenated alkanes) is 1. The lowest BCUT2D eigenvalue weighted by molar-refractivity contribution is 0.622. The van der Waals surface area contributed by atoms with Gasteiger partial charge < -0.3 is 5.32 Å². The molecule has 0 saturated carbocycles. The summed E-state index contributed by atoms with van der Waals surface area (Å²) in [6.07, 6.45) is 3.10. The van der Waals surface area contributed by atoms with Gasteiger partial charge in [0.05, 0.1) is 5.02 Å². The first-order valence-corrected chi connectivity index (χ1v) is 5.20. The molecule has 0 unspecified atom stereocenters. The molecule has 14 heavy (non-hydrogen) atoms. The van der Waals surface area contributed by atoms with Crippen molar-refractivity contribution >= 4 is 11.6 Å². The highest BCUT2D eigenvalue weighted by atomic mass is 35.5. The van der Waals surface area contributed by atoms with Crippen LogP contribution in [0.2, 0.25) is 5.02 Å². The Kier molecular flexibility index (Phi) is 4.91. The molecular weight excluding hydrogens is 201 g/mol. The van der Waals surface area contributed by atoms with Crippen LogP contribution in [-0.2, 0) is 6.42 Å². The summed E-state index contributed by atoms with van der Waals surface area (Å²) in [5.74, 6) is -0.321. The molecule has 0 radical (unpaired) electrons. The van der Waals surface area contributed by atoms with Crippen molar-refractivity contribution in [1.82, 2.24) is 5.32 Å². The molecule has 0 aliphatic rings. The van der Waals surface area contributed by atoms with Gasteiger partial charge in [0, 0.05) is 0 Å². The van der Waals surface area contributed by atoms with Gasteiger partial charge in [-0.2, -0.15) is 0 Å². The molecule has 1 aromatic rings. The molecule has 0 amide bonds. The Morgan fingerprint density at radius 3 is 2.79 bits per heavy atom. The Bertz CT molecular complexity index is 289. The second-order valence-corrected chi connectivity index (χ2v) is 3.72. The summed E-state index contributed by atoms with van der Waals surface area (Å²) < 4.78 is 13.0. The van der Waals surface area contributed by atoms with Crippen molar-refractivity contribution in [3.8, 4) is 0 Å². The summed E-state index contributed by atoms with van der Waals surface area (Å²) in [5, 5.41) is 3.28. The van der Waals surface area contributed by atoms with Crippen molar-refractivity contribution in [2.45, 2.75) is 19.3 Å². The lowest BCUT2D eigenvalue weighted by Gasteiger charge is -2.02. The third kappa shape index (κ3) is 3.64. The average Bonchev–Trinajstić information content (AvgIpc) is 2.18. The standard InChI is InChI=1S/C11H15ClFN/c1-14-7-3-2-4-9-5-6-10(12)11(13)8-9/h5-6,8,14H,2-4,7H2,1H3. The maximum atomic E-state index is 13.0. The van der Waals surface area contributed by atoms with Crippen LogP contribution in [0.15, 0.2) is 18.2 Å². The van der Waals surface area contributed by atoms with Crippen molar-refractivity contribution < 1.29 is 4.39 Å². The lowest BCUT2D eigenvalue weighted by atomic mass is 10.1. The van der Waals surface area contributed by atoms with Gasteiger partial charge in [-0.15, -0.1) is 0 Å². The highest BCUT2D eigenvalue weighted by molar-refractivity contribution is 6.30. The zero-order valence-electron chi connectivity index (χ0n) is 8.32. The van der Waals surface area contributed by atoms with Gasteiger partial charge in [0.2, 0.25) is 0 Å². The first-order chi connectivity index (χ1) is 6.74. The molecule has 3 heteroatoms. The van der Waals surface area contributed by atoms with Crippen LogP contribution < -0.4 is 5.32 Å². The smallest absolute Gasteiger partial charge is 0.142 e. The number of hydrogen-bond donors (Lipinski definition) is 1. The normalized spacial score (nSPS) is 10.5. The Labute approximate surface area is 89.3 Å². The van der Waals surface area contributed by atoms with Gasteiger partial charge in [-0.1, -0.05) is 17.7 Å². The molecule has 1 nitrogen and oxygen atoms in total. The first kappa shape index (κ1) is 11.5. The lowest BCUT2D eigenvalue weighted by Crippen LogP contribution is -2.07. The molecule has 0 aromatic heterocycles. The van der Waals surface area contributed by atoms with Gasteiger partial charge in [-0.25, -0.2) is 4.39 Å². The van der Waals surface area contributed by atoms with Gasteiger partial charge in [-0.3, -0.25) is 0 Å². The van der Waals surface area contributed by atoms with Crippen LogP contribution in [0.5, 0.6) is 0 Å². The first-order valence-electron chi connectivity index (χ1n) is 4.82. The molecule has 0 fully saturated rings. The van der Waals surface area contributed by atoms with Gasteiger partial charge in [0.1, 0.15) is 5.82 Å². The van der Waals surface area contributed by atoms with Crippen molar-refractivity contribution in [1.29, 1.82) is 0 Å². The minimum Gasteiger partial charge on any atom is -0.320 e. The van der Waals surface area contributed by atoms with Crippen LogP contribution in [0.3, 0.4) is 0 Å². The highest BCUT2D eigenvalue weighted by Crippen LogP contribution is 2.16. The zero-order chi connectivity index (χ0) is 10.4. The quantitative estimate of drug-likeness (QED) is 0.745. The summed E-state index contributed by atoms with van der Waals surface area (Å²) in [4.78, 5) is 0. The van der Waals surface area contributed by atoms with E-state index in [-0.39, 0.29) is 10.8 Å². The fourth-order valence-corrected chi connectivity index (χ4v) is 1.44. The number of aryl methyl sites for hydroxylation is 1. The van der Waals surface area contributed by atoms with E-state index in [2.05, 4.69) is 5.32 Å². The fraction of sp³-hybridized carbons (Fsp3) is 0.455. The van der Waals surface area contributed by atoms with E-state index in [1.165, 1.54) is 6.07 Å².